The van der Waals surface area contributed by atoms with E-state index in [-0.39, 0.29) is 5.82 Å². The molecule has 19 heavy (non-hydrogen) atoms. The highest BCUT2D eigenvalue weighted by molar-refractivity contribution is 7.15. The van der Waals surface area contributed by atoms with Gasteiger partial charge < -0.3 is 5.32 Å². The van der Waals surface area contributed by atoms with Crippen LogP contribution in [0.1, 0.15) is 31.7 Å². The van der Waals surface area contributed by atoms with Gasteiger partial charge in [0.05, 0.1) is 0 Å². The maximum Gasteiger partial charge on any atom is 0.123 e. The lowest BCUT2D eigenvalue weighted by molar-refractivity contribution is 0.428. The van der Waals surface area contributed by atoms with Crippen LogP contribution in [0.4, 0.5) is 4.39 Å². The number of thiophene rings is 1. The van der Waals surface area contributed by atoms with Gasteiger partial charge in [0.15, 0.2) is 0 Å². The summed E-state index contributed by atoms with van der Waals surface area (Å²) in [5.41, 5.74) is 0.954. The summed E-state index contributed by atoms with van der Waals surface area (Å²) in [7, 11) is 0. The Morgan fingerprint density at radius 1 is 1.21 bits per heavy atom. The number of rotatable bonds is 5. The summed E-state index contributed by atoms with van der Waals surface area (Å²) < 4.78 is 13.3. The van der Waals surface area contributed by atoms with E-state index in [0.717, 1.165) is 17.0 Å². The van der Waals surface area contributed by atoms with Gasteiger partial charge >= 0.3 is 0 Å². The molecule has 3 heteroatoms. The Bertz CT molecular complexity index is 533. The smallest absolute Gasteiger partial charge is 0.123 e. The van der Waals surface area contributed by atoms with E-state index in [1.807, 2.05) is 6.07 Å². The van der Waals surface area contributed by atoms with Crippen LogP contribution in [0.2, 0.25) is 0 Å². The van der Waals surface area contributed by atoms with Crippen molar-refractivity contribution >= 4 is 11.3 Å². The lowest BCUT2D eigenvalue weighted by atomic mass is 10.0. The first-order chi connectivity index (χ1) is 9.11. The van der Waals surface area contributed by atoms with E-state index in [2.05, 4.69) is 38.2 Å². The molecule has 1 unspecified atom stereocenters. The van der Waals surface area contributed by atoms with Crippen LogP contribution in [0.25, 0.3) is 10.4 Å². The monoisotopic (exact) mass is 277 g/mol. The zero-order chi connectivity index (χ0) is 13.8. The predicted octanol–water partition coefficient (Wildman–Crippen LogP) is 4.86. The van der Waals surface area contributed by atoms with Crippen LogP contribution in [0, 0.1) is 11.7 Å². The van der Waals surface area contributed by atoms with Crippen molar-refractivity contribution < 1.29 is 4.39 Å². The van der Waals surface area contributed by atoms with Crippen LogP contribution in [0.3, 0.4) is 0 Å². The van der Waals surface area contributed by atoms with Crippen molar-refractivity contribution in [2.45, 2.75) is 26.8 Å². The van der Waals surface area contributed by atoms with Crippen LogP contribution >= 0.6 is 11.3 Å². The summed E-state index contributed by atoms with van der Waals surface area (Å²) in [6.45, 7) is 7.51. The molecule has 0 bridgehead atoms. The van der Waals surface area contributed by atoms with Crippen LogP contribution in [-0.4, -0.2) is 6.54 Å². The fourth-order valence-corrected chi connectivity index (χ4v) is 3.46. The molecule has 1 heterocycles. The average molecular weight is 277 g/mol. The molecule has 0 fully saturated rings. The Hall–Kier alpha value is -1.19. The van der Waals surface area contributed by atoms with Gasteiger partial charge in [0.1, 0.15) is 5.82 Å². The molecule has 2 aromatic rings. The fourth-order valence-electron chi connectivity index (χ4n) is 2.20. The molecule has 0 saturated heterocycles. The molecular weight excluding hydrogens is 257 g/mol. The van der Waals surface area contributed by atoms with Gasteiger partial charge in [-0.1, -0.05) is 32.9 Å². The van der Waals surface area contributed by atoms with Crippen molar-refractivity contribution in [3.8, 4) is 10.4 Å². The summed E-state index contributed by atoms with van der Waals surface area (Å²) in [5, 5.41) is 3.51. The van der Waals surface area contributed by atoms with Gasteiger partial charge in [0.2, 0.25) is 0 Å². The molecule has 0 saturated carbocycles. The van der Waals surface area contributed by atoms with Crippen molar-refractivity contribution in [3.63, 3.8) is 0 Å². The Labute approximate surface area is 118 Å². The minimum absolute atomic E-state index is 0.181. The van der Waals surface area contributed by atoms with Crippen LogP contribution in [0.5, 0.6) is 0 Å². The normalized spacial score (nSPS) is 12.9. The van der Waals surface area contributed by atoms with Crippen molar-refractivity contribution in [1.29, 1.82) is 0 Å². The van der Waals surface area contributed by atoms with E-state index in [4.69, 9.17) is 0 Å². The maximum atomic E-state index is 13.3. The Kier molecular flexibility index (Phi) is 4.72. The maximum absolute atomic E-state index is 13.3. The van der Waals surface area contributed by atoms with Crippen molar-refractivity contribution in [3.05, 3.63) is 47.1 Å². The van der Waals surface area contributed by atoms with Gasteiger partial charge in [-0.3, -0.25) is 0 Å². The molecule has 1 aromatic heterocycles. The molecule has 0 amide bonds. The van der Waals surface area contributed by atoms with Gasteiger partial charge in [-0.15, -0.1) is 11.3 Å². The van der Waals surface area contributed by atoms with E-state index < -0.39 is 0 Å². The quantitative estimate of drug-likeness (QED) is 0.823. The van der Waals surface area contributed by atoms with Gasteiger partial charge in [-0.2, -0.15) is 0 Å². The van der Waals surface area contributed by atoms with Gasteiger partial charge in [0, 0.05) is 15.8 Å². The highest BCUT2D eigenvalue weighted by atomic mass is 32.1. The molecule has 102 valence electrons. The molecule has 2 rings (SSSR count). The standard InChI is InChI=1S/C16H20FNS/c1-4-18-16(11(2)3)15-9-8-14(19-15)12-6-5-7-13(17)10-12/h5-11,16,18H,4H2,1-3H3. The van der Waals surface area contributed by atoms with Crippen molar-refractivity contribution in [1.82, 2.24) is 5.32 Å². The molecule has 0 aliphatic carbocycles. The van der Waals surface area contributed by atoms with Gasteiger partial charge in [-0.25, -0.2) is 4.39 Å². The third-order valence-electron chi connectivity index (χ3n) is 3.13. The van der Waals surface area contributed by atoms with E-state index in [1.165, 1.54) is 10.9 Å². The minimum Gasteiger partial charge on any atom is -0.309 e. The van der Waals surface area contributed by atoms with Crippen LogP contribution < -0.4 is 5.32 Å². The van der Waals surface area contributed by atoms with E-state index in [9.17, 15) is 4.39 Å². The van der Waals surface area contributed by atoms with E-state index >= 15 is 0 Å². The highest BCUT2D eigenvalue weighted by Gasteiger charge is 2.17. The summed E-state index contributed by atoms with van der Waals surface area (Å²) >= 11 is 1.74. The third kappa shape index (κ3) is 3.43. The van der Waals surface area contributed by atoms with Gasteiger partial charge in [0.25, 0.3) is 0 Å². The molecule has 1 nitrogen and oxygen atoms in total. The number of nitrogens with one attached hydrogen (secondary N) is 1. The zero-order valence-electron chi connectivity index (χ0n) is 11.6. The molecule has 0 spiro atoms. The second-order valence-electron chi connectivity index (χ2n) is 4.99. The first-order valence-corrected chi connectivity index (χ1v) is 7.52. The number of hydrogen-bond acceptors (Lipinski definition) is 2. The molecule has 0 aliphatic heterocycles. The lowest BCUT2D eigenvalue weighted by Crippen LogP contribution is -2.24. The highest BCUT2D eigenvalue weighted by Crippen LogP contribution is 2.34. The van der Waals surface area contributed by atoms with Crippen molar-refractivity contribution in [2.75, 3.05) is 6.54 Å². The Balaban J connectivity index is 2.27. The molecule has 0 radical (unpaired) electrons. The first-order valence-electron chi connectivity index (χ1n) is 6.71. The third-order valence-corrected chi connectivity index (χ3v) is 4.35. The Morgan fingerprint density at radius 2 is 2.00 bits per heavy atom. The van der Waals surface area contributed by atoms with E-state index in [1.54, 1.807) is 23.5 Å². The molecular formula is C16H20FNS. The molecule has 0 aliphatic rings. The second-order valence-corrected chi connectivity index (χ2v) is 6.11. The van der Waals surface area contributed by atoms with E-state index in [0.29, 0.717) is 12.0 Å². The largest absolute Gasteiger partial charge is 0.309 e. The summed E-state index contributed by atoms with van der Waals surface area (Å²) in [5.74, 6) is 0.360. The summed E-state index contributed by atoms with van der Waals surface area (Å²) in [6, 6.07) is 11.4. The average Bonchev–Trinajstić information content (AvgIpc) is 2.84. The number of halogens is 1. The summed E-state index contributed by atoms with van der Waals surface area (Å²) in [6.07, 6.45) is 0. The molecule has 1 N–H and O–H groups in total. The first kappa shape index (κ1) is 14.2. The van der Waals surface area contributed by atoms with Crippen LogP contribution in [0.15, 0.2) is 36.4 Å². The molecule has 1 aromatic carbocycles. The minimum atomic E-state index is -0.181. The zero-order valence-corrected chi connectivity index (χ0v) is 12.4. The SMILES string of the molecule is CCNC(c1ccc(-c2cccc(F)c2)s1)C(C)C. The van der Waals surface area contributed by atoms with Crippen LogP contribution in [-0.2, 0) is 0 Å². The Morgan fingerprint density at radius 3 is 2.63 bits per heavy atom. The number of benzene rings is 1. The second kappa shape index (κ2) is 6.31. The van der Waals surface area contributed by atoms with Crippen molar-refractivity contribution in [2.24, 2.45) is 5.92 Å². The fraction of sp³-hybridized carbons (Fsp3) is 0.375. The number of hydrogen-bond donors (Lipinski definition) is 1. The predicted molar refractivity (Wildman–Crippen MR) is 81.0 cm³/mol. The van der Waals surface area contributed by atoms with Gasteiger partial charge in [-0.05, 0) is 42.3 Å². The lowest BCUT2D eigenvalue weighted by Gasteiger charge is -2.20. The summed E-state index contributed by atoms with van der Waals surface area (Å²) in [4.78, 5) is 2.44. The molecule has 1 atom stereocenters. The topological polar surface area (TPSA) is 12.0 Å².